The lowest BCUT2D eigenvalue weighted by molar-refractivity contribution is -0.124. The number of nitrogens with one attached hydrogen (secondary N) is 1. The first kappa shape index (κ1) is 22.1. The van der Waals surface area contributed by atoms with Gasteiger partial charge in [0.05, 0.1) is 27.4 Å². The molecule has 2 aromatic rings. The van der Waals surface area contributed by atoms with Crippen molar-refractivity contribution in [2.75, 3.05) is 27.9 Å². The molecule has 0 aliphatic carbocycles. The van der Waals surface area contributed by atoms with Crippen LogP contribution in [0.2, 0.25) is 0 Å². The zero-order valence-electron chi connectivity index (χ0n) is 17.6. The molecule has 156 valence electrons. The van der Waals surface area contributed by atoms with Gasteiger partial charge in [-0.05, 0) is 37.5 Å². The smallest absolute Gasteiger partial charge is 0.342 e. The van der Waals surface area contributed by atoms with Crippen LogP contribution in [0.4, 0.5) is 0 Å². The van der Waals surface area contributed by atoms with Gasteiger partial charge in [-0.15, -0.1) is 0 Å². The molecule has 1 atom stereocenters. The second kappa shape index (κ2) is 9.82. The molecule has 1 amide bonds. The number of hydrogen-bond acceptors (Lipinski definition) is 6. The number of benzene rings is 2. The monoisotopic (exact) mass is 401 g/mol. The Balaban J connectivity index is 2.02. The van der Waals surface area contributed by atoms with E-state index in [-0.39, 0.29) is 17.4 Å². The van der Waals surface area contributed by atoms with Gasteiger partial charge in [0.1, 0.15) is 11.3 Å². The van der Waals surface area contributed by atoms with Crippen molar-refractivity contribution in [1.29, 1.82) is 0 Å². The summed E-state index contributed by atoms with van der Waals surface area (Å²) in [6, 6.07) is 8.77. The highest BCUT2D eigenvalue weighted by molar-refractivity contribution is 5.95. The molecule has 0 radical (unpaired) electrons. The molecule has 0 aliphatic rings. The standard InChI is InChI=1S/C22H27NO6/c1-13-7-8-16(9-14(13)2)15(3)23-21(24)12-29-22(25)17-10-19(27-5)20(28-6)11-18(17)26-4/h7-11,15H,12H2,1-6H3,(H,23,24)/t15-/m1/s1. The molecule has 7 heteroatoms. The highest BCUT2D eigenvalue weighted by atomic mass is 16.5. The van der Waals surface area contributed by atoms with Crippen LogP contribution in [0.5, 0.6) is 17.2 Å². The van der Waals surface area contributed by atoms with E-state index in [1.807, 2.05) is 39.0 Å². The number of rotatable bonds is 8. The van der Waals surface area contributed by atoms with Gasteiger partial charge in [0, 0.05) is 12.1 Å². The predicted molar refractivity (Wildman–Crippen MR) is 109 cm³/mol. The third-order valence-corrected chi connectivity index (χ3v) is 4.67. The number of aryl methyl sites for hydroxylation is 2. The molecule has 29 heavy (non-hydrogen) atoms. The third kappa shape index (κ3) is 5.40. The molecular formula is C22H27NO6. The molecule has 0 spiro atoms. The minimum absolute atomic E-state index is 0.139. The maximum absolute atomic E-state index is 12.5. The van der Waals surface area contributed by atoms with Crippen molar-refractivity contribution in [2.24, 2.45) is 0 Å². The Morgan fingerprint density at radius 2 is 1.52 bits per heavy atom. The van der Waals surface area contributed by atoms with E-state index in [1.165, 1.54) is 39.0 Å². The van der Waals surface area contributed by atoms with Crippen LogP contribution >= 0.6 is 0 Å². The van der Waals surface area contributed by atoms with Crippen molar-refractivity contribution in [3.05, 3.63) is 52.6 Å². The second-order valence-electron chi connectivity index (χ2n) is 6.62. The lowest BCUT2D eigenvalue weighted by atomic mass is 10.0. The van der Waals surface area contributed by atoms with Gasteiger partial charge in [-0.3, -0.25) is 4.79 Å². The van der Waals surface area contributed by atoms with Gasteiger partial charge in [-0.25, -0.2) is 4.79 Å². The minimum atomic E-state index is -0.697. The van der Waals surface area contributed by atoms with Gasteiger partial charge in [0.25, 0.3) is 5.91 Å². The van der Waals surface area contributed by atoms with Crippen LogP contribution < -0.4 is 19.5 Å². The van der Waals surface area contributed by atoms with Crippen molar-refractivity contribution in [3.63, 3.8) is 0 Å². The summed E-state index contributed by atoms with van der Waals surface area (Å²) in [6.45, 7) is 5.52. The molecular weight excluding hydrogens is 374 g/mol. The summed E-state index contributed by atoms with van der Waals surface area (Å²) < 4.78 is 20.8. The first-order valence-electron chi connectivity index (χ1n) is 9.14. The Bertz CT molecular complexity index is 893. The normalized spacial score (nSPS) is 11.4. The van der Waals surface area contributed by atoms with Gasteiger partial charge in [0.15, 0.2) is 18.1 Å². The van der Waals surface area contributed by atoms with Crippen LogP contribution in [-0.4, -0.2) is 39.8 Å². The molecule has 0 unspecified atom stereocenters. The maximum Gasteiger partial charge on any atom is 0.342 e. The van der Waals surface area contributed by atoms with E-state index in [1.54, 1.807) is 0 Å². The first-order chi connectivity index (χ1) is 13.8. The summed E-state index contributed by atoms with van der Waals surface area (Å²) in [5, 5.41) is 2.83. The molecule has 1 N–H and O–H groups in total. The van der Waals surface area contributed by atoms with Crippen LogP contribution in [0.15, 0.2) is 30.3 Å². The number of amides is 1. The molecule has 0 aliphatic heterocycles. The SMILES string of the molecule is COc1cc(OC)c(C(=O)OCC(=O)N[C@H](C)c2ccc(C)c(C)c2)cc1OC. The number of carbonyl (C=O) groups is 2. The number of ether oxygens (including phenoxy) is 4. The van der Waals surface area contributed by atoms with Crippen LogP contribution in [0, 0.1) is 13.8 Å². The summed E-state index contributed by atoms with van der Waals surface area (Å²) >= 11 is 0. The topological polar surface area (TPSA) is 83.1 Å². The molecule has 2 aromatic carbocycles. The van der Waals surface area contributed by atoms with Gasteiger partial charge < -0.3 is 24.3 Å². The van der Waals surface area contributed by atoms with Crippen molar-refractivity contribution < 1.29 is 28.5 Å². The average Bonchev–Trinajstić information content (AvgIpc) is 2.72. The Kier molecular flexibility index (Phi) is 7.47. The number of carbonyl (C=O) groups excluding carboxylic acids is 2. The second-order valence-corrected chi connectivity index (χ2v) is 6.62. The Morgan fingerprint density at radius 3 is 2.10 bits per heavy atom. The van der Waals surface area contributed by atoms with Crippen molar-refractivity contribution in [1.82, 2.24) is 5.32 Å². The zero-order valence-corrected chi connectivity index (χ0v) is 17.6. The average molecular weight is 401 g/mol. The van der Waals surface area contributed by atoms with Crippen molar-refractivity contribution >= 4 is 11.9 Å². The van der Waals surface area contributed by atoms with Gasteiger partial charge in [0.2, 0.25) is 0 Å². The first-order valence-corrected chi connectivity index (χ1v) is 9.14. The fraction of sp³-hybridized carbons (Fsp3) is 0.364. The van der Waals surface area contributed by atoms with Gasteiger partial charge in [-0.1, -0.05) is 18.2 Å². The molecule has 0 heterocycles. The summed E-state index contributed by atoms with van der Waals surface area (Å²) in [6.07, 6.45) is 0. The molecule has 2 rings (SSSR count). The van der Waals surface area contributed by atoms with E-state index in [4.69, 9.17) is 18.9 Å². The number of methoxy groups -OCH3 is 3. The maximum atomic E-state index is 12.5. The quantitative estimate of drug-likeness (QED) is 0.683. The highest BCUT2D eigenvalue weighted by Crippen LogP contribution is 2.34. The molecule has 7 nitrogen and oxygen atoms in total. The third-order valence-electron chi connectivity index (χ3n) is 4.67. The summed E-state index contributed by atoms with van der Waals surface area (Å²) in [5.41, 5.74) is 3.45. The highest BCUT2D eigenvalue weighted by Gasteiger charge is 2.20. The Morgan fingerprint density at radius 1 is 0.897 bits per heavy atom. The summed E-state index contributed by atoms with van der Waals surface area (Å²) in [7, 11) is 4.37. The van der Waals surface area contributed by atoms with E-state index in [0.717, 1.165) is 11.1 Å². The lowest BCUT2D eigenvalue weighted by Crippen LogP contribution is -2.31. The minimum Gasteiger partial charge on any atom is -0.496 e. The van der Waals surface area contributed by atoms with E-state index in [0.29, 0.717) is 11.5 Å². The lowest BCUT2D eigenvalue weighted by Gasteiger charge is -2.16. The largest absolute Gasteiger partial charge is 0.496 e. The summed E-state index contributed by atoms with van der Waals surface area (Å²) in [4.78, 5) is 24.7. The predicted octanol–water partition coefficient (Wildman–Crippen LogP) is 3.36. The molecule has 0 saturated carbocycles. The van der Waals surface area contributed by atoms with E-state index in [2.05, 4.69) is 5.32 Å². The number of esters is 1. The molecule has 0 fully saturated rings. The fourth-order valence-corrected chi connectivity index (χ4v) is 2.80. The van der Waals surface area contributed by atoms with Gasteiger partial charge in [-0.2, -0.15) is 0 Å². The molecule has 0 aromatic heterocycles. The van der Waals surface area contributed by atoms with Gasteiger partial charge >= 0.3 is 5.97 Å². The van der Waals surface area contributed by atoms with E-state index >= 15 is 0 Å². The van der Waals surface area contributed by atoms with E-state index in [9.17, 15) is 9.59 Å². The summed E-state index contributed by atoms with van der Waals surface area (Å²) in [5.74, 6) is -0.0641. The fourth-order valence-electron chi connectivity index (χ4n) is 2.80. The molecule has 0 bridgehead atoms. The van der Waals surface area contributed by atoms with Crippen LogP contribution in [0.1, 0.15) is 40.0 Å². The van der Waals surface area contributed by atoms with Crippen LogP contribution in [-0.2, 0) is 9.53 Å². The molecule has 0 saturated heterocycles. The number of hydrogen-bond donors (Lipinski definition) is 1. The van der Waals surface area contributed by atoms with Crippen LogP contribution in [0.25, 0.3) is 0 Å². The Labute approximate surface area is 170 Å². The van der Waals surface area contributed by atoms with E-state index < -0.39 is 18.5 Å². The zero-order chi connectivity index (χ0) is 21.6. The van der Waals surface area contributed by atoms with Crippen LogP contribution in [0.3, 0.4) is 0 Å². The Hall–Kier alpha value is -3.22. The van der Waals surface area contributed by atoms with Crippen molar-refractivity contribution in [3.8, 4) is 17.2 Å². The van der Waals surface area contributed by atoms with Crippen molar-refractivity contribution in [2.45, 2.75) is 26.8 Å².